The molecule has 3 rings (SSSR count). The molecule has 142 valence electrons. The van der Waals surface area contributed by atoms with Gasteiger partial charge in [0.1, 0.15) is 0 Å². The largest absolute Gasteiger partial charge is 0.356 e. The third-order valence-electron chi connectivity index (χ3n) is 4.38. The average Bonchev–Trinajstić information content (AvgIpc) is 3.26. The smallest absolute Gasteiger partial charge is 0.191 e. The second kappa shape index (κ2) is 10.2. The average molecular weight is 485 g/mol. The van der Waals surface area contributed by atoms with Gasteiger partial charge >= 0.3 is 0 Å². The van der Waals surface area contributed by atoms with E-state index in [2.05, 4.69) is 57.3 Å². The van der Waals surface area contributed by atoms with Crippen molar-refractivity contribution in [3.05, 3.63) is 48.3 Å². The zero-order valence-electron chi connectivity index (χ0n) is 15.4. The highest BCUT2D eigenvalue weighted by Gasteiger charge is 2.43. The van der Waals surface area contributed by atoms with Crippen molar-refractivity contribution in [1.29, 1.82) is 0 Å². The molecular weight excluding hydrogens is 457 g/mol. The number of benzene rings is 1. The Kier molecular flexibility index (Phi) is 8.27. The highest BCUT2D eigenvalue weighted by atomic mass is 127. The van der Waals surface area contributed by atoms with Gasteiger partial charge in [-0.25, -0.2) is 0 Å². The fourth-order valence-corrected chi connectivity index (χ4v) is 4.00. The molecule has 0 atom stereocenters. The van der Waals surface area contributed by atoms with E-state index in [9.17, 15) is 0 Å². The number of halogens is 1. The molecule has 1 aromatic carbocycles. The van der Waals surface area contributed by atoms with E-state index in [1.165, 1.54) is 23.3 Å². The van der Waals surface area contributed by atoms with Gasteiger partial charge in [-0.2, -0.15) is 5.10 Å². The molecule has 0 amide bonds. The van der Waals surface area contributed by atoms with E-state index in [0.29, 0.717) is 4.75 Å². The maximum Gasteiger partial charge on any atom is 0.191 e. The number of aryl methyl sites for hydroxylation is 2. The predicted octanol–water partition coefficient (Wildman–Crippen LogP) is 3.46. The molecule has 7 heteroatoms. The van der Waals surface area contributed by atoms with Gasteiger partial charge in [0.25, 0.3) is 0 Å². The van der Waals surface area contributed by atoms with Crippen molar-refractivity contribution in [2.24, 2.45) is 12.0 Å². The lowest BCUT2D eigenvalue weighted by Crippen LogP contribution is -2.41. The molecule has 0 saturated heterocycles. The topological polar surface area (TPSA) is 54.2 Å². The van der Waals surface area contributed by atoms with Crippen molar-refractivity contribution < 1.29 is 0 Å². The first-order valence-electron chi connectivity index (χ1n) is 8.85. The third kappa shape index (κ3) is 6.50. The summed E-state index contributed by atoms with van der Waals surface area (Å²) in [5, 5.41) is 11.1. The number of hydrogen-bond donors (Lipinski definition) is 2. The fourth-order valence-electron chi connectivity index (χ4n) is 2.76. The van der Waals surface area contributed by atoms with E-state index < -0.39 is 0 Å². The van der Waals surface area contributed by atoms with Gasteiger partial charge in [0.2, 0.25) is 0 Å². The van der Waals surface area contributed by atoms with Gasteiger partial charge in [-0.15, -0.1) is 35.7 Å². The summed E-state index contributed by atoms with van der Waals surface area (Å²) in [6.45, 7) is 1.86. The summed E-state index contributed by atoms with van der Waals surface area (Å²) >= 11 is 1.98. The lowest BCUT2D eigenvalue weighted by Gasteiger charge is -2.18. The van der Waals surface area contributed by atoms with Crippen LogP contribution >= 0.6 is 35.7 Å². The summed E-state index contributed by atoms with van der Waals surface area (Å²) in [6.07, 6.45) is 8.63. The van der Waals surface area contributed by atoms with Crippen molar-refractivity contribution in [2.45, 2.75) is 35.3 Å². The molecule has 1 aromatic heterocycles. The highest BCUT2D eigenvalue weighted by molar-refractivity contribution is 14.0. The minimum absolute atomic E-state index is 0. The van der Waals surface area contributed by atoms with Crippen LogP contribution in [0.5, 0.6) is 0 Å². The normalized spacial score (nSPS) is 15.2. The van der Waals surface area contributed by atoms with Gasteiger partial charge < -0.3 is 10.6 Å². The molecule has 0 bridgehead atoms. The lowest BCUT2D eigenvalue weighted by atomic mass is 10.2. The Bertz CT molecular complexity index is 697. The van der Waals surface area contributed by atoms with Crippen molar-refractivity contribution >= 4 is 41.7 Å². The minimum atomic E-state index is 0. The van der Waals surface area contributed by atoms with Gasteiger partial charge in [0.05, 0.1) is 6.20 Å². The first-order valence-corrected chi connectivity index (χ1v) is 9.67. The monoisotopic (exact) mass is 485 g/mol. The van der Waals surface area contributed by atoms with Crippen LogP contribution in [-0.2, 0) is 13.5 Å². The Labute approximate surface area is 177 Å². The minimum Gasteiger partial charge on any atom is -0.356 e. The number of hydrogen-bond acceptors (Lipinski definition) is 3. The van der Waals surface area contributed by atoms with E-state index >= 15 is 0 Å². The fraction of sp³-hybridized carbons (Fsp3) is 0.474. The predicted molar refractivity (Wildman–Crippen MR) is 121 cm³/mol. The standard InChI is InChI=1S/C19H27N5S.HI/c1-20-18(21-12-6-7-16-13-23-24(2)14-16)22-15-19(10-11-19)25-17-8-4-3-5-9-17;/h3-5,8-9,13-14H,6-7,10-12,15H2,1-2H3,(H2,20,21,22);1H. The first kappa shape index (κ1) is 21.1. The van der Waals surface area contributed by atoms with Gasteiger partial charge in [-0.3, -0.25) is 9.67 Å². The number of thioether (sulfide) groups is 1. The number of aromatic nitrogens is 2. The van der Waals surface area contributed by atoms with Gasteiger partial charge in [0, 0.05) is 43.0 Å². The Hall–Kier alpha value is -1.22. The van der Waals surface area contributed by atoms with Crippen LogP contribution in [0.3, 0.4) is 0 Å². The number of guanidine groups is 1. The Morgan fingerprint density at radius 3 is 2.65 bits per heavy atom. The molecule has 0 radical (unpaired) electrons. The zero-order valence-corrected chi connectivity index (χ0v) is 18.6. The van der Waals surface area contributed by atoms with Crippen LogP contribution in [0.25, 0.3) is 0 Å². The molecular formula is C19H28IN5S. The van der Waals surface area contributed by atoms with Crippen molar-refractivity contribution in [2.75, 3.05) is 20.1 Å². The molecule has 2 N–H and O–H groups in total. The molecule has 5 nitrogen and oxygen atoms in total. The molecule has 1 saturated carbocycles. The molecule has 1 heterocycles. The van der Waals surface area contributed by atoms with Crippen LogP contribution in [0.1, 0.15) is 24.8 Å². The van der Waals surface area contributed by atoms with Gasteiger partial charge in [-0.05, 0) is 43.4 Å². The van der Waals surface area contributed by atoms with Crippen LogP contribution in [-0.4, -0.2) is 40.6 Å². The zero-order chi connectivity index (χ0) is 17.5. The van der Waals surface area contributed by atoms with E-state index in [1.54, 1.807) is 0 Å². The Balaban J connectivity index is 0.00000243. The lowest BCUT2D eigenvalue weighted by molar-refractivity contribution is 0.727. The molecule has 0 aliphatic heterocycles. The number of rotatable bonds is 8. The van der Waals surface area contributed by atoms with Crippen molar-refractivity contribution in [1.82, 2.24) is 20.4 Å². The van der Waals surface area contributed by atoms with Crippen LogP contribution in [0, 0.1) is 0 Å². The summed E-state index contributed by atoms with van der Waals surface area (Å²) in [5.74, 6) is 0.895. The first-order chi connectivity index (χ1) is 12.2. The van der Waals surface area contributed by atoms with E-state index in [1.807, 2.05) is 36.7 Å². The van der Waals surface area contributed by atoms with E-state index in [-0.39, 0.29) is 24.0 Å². The van der Waals surface area contributed by atoms with Gasteiger partial charge in [0.15, 0.2) is 5.96 Å². The van der Waals surface area contributed by atoms with Crippen LogP contribution < -0.4 is 10.6 Å². The molecule has 0 unspecified atom stereocenters. The molecule has 1 aliphatic rings. The summed E-state index contributed by atoms with van der Waals surface area (Å²) < 4.78 is 2.18. The molecule has 26 heavy (non-hydrogen) atoms. The van der Waals surface area contributed by atoms with Crippen LogP contribution in [0.15, 0.2) is 52.6 Å². The summed E-state index contributed by atoms with van der Waals surface area (Å²) in [7, 11) is 3.79. The SMILES string of the molecule is CN=C(NCCCc1cnn(C)c1)NCC1(Sc2ccccc2)CC1.I. The quantitative estimate of drug-likeness (QED) is 0.260. The Morgan fingerprint density at radius 2 is 2.04 bits per heavy atom. The second-order valence-corrected chi connectivity index (χ2v) is 8.12. The van der Waals surface area contributed by atoms with Crippen molar-refractivity contribution in [3.8, 4) is 0 Å². The maximum absolute atomic E-state index is 4.34. The molecule has 0 spiro atoms. The maximum atomic E-state index is 4.34. The highest BCUT2D eigenvalue weighted by Crippen LogP contribution is 2.51. The second-order valence-electron chi connectivity index (χ2n) is 6.58. The molecule has 2 aromatic rings. The summed E-state index contributed by atoms with van der Waals surface area (Å²) in [6, 6.07) is 10.7. The number of nitrogens with one attached hydrogen (secondary N) is 2. The number of aliphatic imine (C=N–C) groups is 1. The van der Waals surface area contributed by atoms with Crippen LogP contribution in [0.4, 0.5) is 0 Å². The summed E-state index contributed by atoms with van der Waals surface area (Å²) in [4.78, 5) is 5.69. The summed E-state index contributed by atoms with van der Waals surface area (Å²) in [5.41, 5.74) is 1.28. The third-order valence-corrected chi connectivity index (χ3v) is 5.87. The molecule has 1 aliphatic carbocycles. The number of nitrogens with zero attached hydrogens (tertiary/aromatic N) is 3. The van der Waals surface area contributed by atoms with Crippen LogP contribution in [0.2, 0.25) is 0 Å². The van der Waals surface area contributed by atoms with Gasteiger partial charge in [-0.1, -0.05) is 18.2 Å². The Morgan fingerprint density at radius 1 is 1.27 bits per heavy atom. The van der Waals surface area contributed by atoms with E-state index in [4.69, 9.17) is 0 Å². The van der Waals surface area contributed by atoms with Crippen molar-refractivity contribution in [3.63, 3.8) is 0 Å². The van der Waals surface area contributed by atoms with E-state index in [0.717, 1.165) is 31.9 Å². The molecule has 1 fully saturated rings.